The van der Waals surface area contributed by atoms with Gasteiger partial charge < -0.3 is 15.2 Å². The minimum absolute atomic E-state index is 0.172. The number of rotatable bonds is 1. The van der Waals surface area contributed by atoms with E-state index in [1.54, 1.807) is 12.1 Å². The topological polar surface area (TPSA) is 41.5 Å². The van der Waals surface area contributed by atoms with Crippen molar-refractivity contribution in [3.63, 3.8) is 0 Å². The molecule has 0 bridgehead atoms. The molecule has 2 rings (SSSR count). The van der Waals surface area contributed by atoms with Crippen LogP contribution in [0.5, 0.6) is 5.75 Å². The number of aromatic hydroxyl groups is 1. The minimum atomic E-state index is 0.172. The van der Waals surface area contributed by atoms with E-state index in [1.165, 1.54) is 0 Å². The van der Waals surface area contributed by atoms with Crippen molar-refractivity contribution in [1.82, 2.24) is 5.32 Å². The molecular weight excluding hydrogens is 246 g/mol. The van der Waals surface area contributed by atoms with Crippen molar-refractivity contribution in [3.8, 4) is 5.75 Å². The van der Waals surface area contributed by atoms with Crippen LogP contribution in [0.2, 0.25) is 0 Å². The van der Waals surface area contributed by atoms with Crippen molar-refractivity contribution in [2.75, 3.05) is 19.8 Å². The third kappa shape index (κ3) is 2.08. The number of phenols is 1. The summed E-state index contributed by atoms with van der Waals surface area (Å²) in [6.07, 6.45) is 0. The summed E-state index contributed by atoms with van der Waals surface area (Å²) in [6.45, 7) is 2.27. The van der Waals surface area contributed by atoms with Gasteiger partial charge in [0.25, 0.3) is 0 Å². The SMILES string of the molecule is Oc1ccc(Br)c([C@@H]2COCCN2)c1. The molecule has 76 valence electrons. The second-order valence-electron chi connectivity index (χ2n) is 3.29. The first-order valence-electron chi connectivity index (χ1n) is 4.57. The van der Waals surface area contributed by atoms with E-state index in [0.29, 0.717) is 6.61 Å². The molecule has 0 spiro atoms. The van der Waals surface area contributed by atoms with Gasteiger partial charge in [-0.2, -0.15) is 0 Å². The number of nitrogens with one attached hydrogen (secondary N) is 1. The van der Waals surface area contributed by atoms with Crippen molar-refractivity contribution in [2.45, 2.75) is 6.04 Å². The Hall–Kier alpha value is -0.580. The monoisotopic (exact) mass is 257 g/mol. The second kappa shape index (κ2) is 4.29. The first-order valence-corrected chi connectivity index (χ1v) is 5.36. The van der Waals surface area contributed by atoms with Gasteiger partial charge in [-0.1, -0.05) is 15.9 Å². The Balaban J connectivity index is 2.24. The molecule has 0 unspecified atom stereocenters. The fourth-order valence-electron chi connectivity index (χ4n) is 1.56. The van der Waals surface area contributed by atoms with Gasteiger partial charge in [-0.05, 0) is 23.8 Å². The van der Waals surface area contributed by atoms with E-state index in [0.717, 1.165) is 23.2 Å². The Morgan fingerprint density at radius 3 is 3.07 bits per heavy atom. The molecule has 0 radical (unpaired) electrons. The van der Waals surface area contributed by atoms with E-state index in [4.69, 9.17) is 4.74 Å². The number of halogens is 1. The van der Waals surface area contributed by atoms with Gasteiger partial charge in [-0.3, -0.25) is 0 Å². The minimum Gasteiger partial charge on any atom is -0.508 e. The van der Waals surface area contributed by atoms with Crippen LogP contribution in [-0.2, 0) is 4.74 Å². The lowest BCUT2D eigenvalue weighted by Crippen LogP contribution is -2.34. The molecule has 1 saturated heterocycles. The van der Waals surface area contributed by atoms with Gasteiger partial charge in [0, 0.05) is 11.0 Å². The fourth-order valence-corrected chi connectivity index (χ4v) is 2.09. The quantitative estimate of drug-likeness (QED) is 0.807. The van der Waals surface area contributed by atoms with Crippen LogP contribution in [0.4, 0.5) is 0 Å². The summed E-state index contributed by atoms with van der Waals surface area (Å²) in [5.74, 6) is 0.288. The maximum absolute atomic E-state index is 9.38. The van der Waals surface area contributed by atoms with Gasteiger partial charge in [-0.15, -0.1) is 0 Å². The van der Waals surface area contributed by atoms with Crippen molar-refractivity contribution >= 4 is 15.9 Å². The maximum atomic E-state index is 9.38. The lowest BCUT2D eigenvalue weighted by Gasteiger charge is -2.25. The highest BCUT2D eigenvalue weighted by molar-refractivity contribution is 9.10. The van der Waals surface area contributed by atoms with Crippen LogP contribution >= 0.6 is 15.9 Å². The Morgan fingerprint density at radius 1 is 1.50 bits per heavy atom. The number of hydrogen-bond donors (Lipinski definition) is 2. The summed E-state index contributed by atoms with van der Waals surface area (Å²) >= 11 is 3.46. The summed E-state index contributed by atoms with van der Waals surface area (Å²) in [5, 5.41) is 12.7. The summed E-state index contributed by atoms with van der Waals surface area (Å²) < 4.78 is 6.36. The van der Waals surface area contributed by atoms with Crippen LogP contribution in [-0.4, -0.2) is 24.9 Å². The van der Waals surface area contributed by atoms with Crippen LogP contribution in [0.25, 0.3) is 0 Å². The maximum Gasteiger partial charge on any atom is 0.115 e. The average Bonchev–Trinajstić information content (AvgIpc) is 2.23. The summed E-state index contributed by atoms with van der Waals surface area (Å²) in [6, 6.07) is 5.44. The molecule has 1 atom stereocenters. The van der Waals surface area contributed by atoms with Crippen LogP contribution in [0.1, 0.15) is 11.6 Å². The van der Waals surface area contributed by atoms with Gasteiger partial charge in [0.15, 0.2) is 0 Å². The molecule has 1 fully saturated rings. The molecule has 0 aromatic heterocycles. The predicted molar refractivity (Wildman–Crippen MR) is 57.4 cm³/mol. The average molecular weight is 258 g/mol. The number of morpholine rings is 1. The summed E-state index contributed by atoms with van der Waals surface area (Å²) in [4.78, 5) is 0. The Morgan fingerprint density at radius 2 is 2.36 bits per heavy atom. The number of phenolic OH excluding ortho intramolecular Hbond substituents is 1. The third-order valence-electron chi connectivity index (χ3n) is 2.28. The van der Waals surface area contributed by atoms with Crippen molar-refractivity contribution < 1.29 is 9.84 Å². The molecule has 3 nitrogen and oxygen atoms in total. The van der Waals surface area contributed by atoms with Gasteiger partial charge in [0.1, 0.15) is 5.75 Å². The normalized spacial score (nSPS) is 22.2. The Labute approximate surface area is 91.2 Å². The number of hydrogen-bond acceptors (Lipinski definition) is 3. The molecule has 14 heavy (non-hydrogen) atoms. The first-order chi connectivity index (χ1) is 6.77. The van der Waals surface area contributed by atoms with E-state index in [9.17, 15) is 5.11 Å². The van der Waals surface area contributed by atoms with Crippen LogP contribution in [0.3, 0.4) is 0 Å². The Kier molecular flexibility index (Phi) is 3.05. The molecular formula is C10H12BrNO2. The molecule has 1 heterocycles. The molecule has 0 aliphatic carbocycles. The second-order valence-corrected chi connectivity index (χ2v) is 4.14. The van der Waals surface area contributed by atoms with Crippen molar-refractivity contribution in [1.29, 1.82) is 0 Å². The molecule has 4 heteroatoms. The zero-order valence-corrected chi connectivity index (χ0v) is 9.25. The van der Waals surface area contributed by atoms with E-state index < -0.39 is 0 Å². The highest BCUT2D eigenvalue weighted by atomic mass is 79.9. The first kappa shape index (κ1) is 9.96. The Bertz CT molecular complexity index is 324. The van der Waals surface area contributed by atoms with E-state index in [2.05, 4.69) is 21.2 Å². The van der Waals surface area contributed by atoms with E-state index >= 15 is 0 Å². The molecule has 0 saturated carbocycles. The number of ether oxygens (including phenoxy) is 1. The standard InChI is InChI=1S/C10H12BrNO2/c11-9-2-1-7(13)5-8(9)10-6-14-4-3-12-10/h1-2,5,10,12-13H,3-4,6H2/t10-/m0/s1. The molecule has 1 aliphatic heterocycles. The van der Waals surface area contributed by atoms with Gasteiger partial charge in [-0.25, -0.2) is 0 Å². The van der Waals surface area contributed by atoms with Crippen LogP contribution < -0.4 is 5.32 Å². The van der Waals surface area contributed by atoms with Crippen molar-refractivity contribution in [3.05, 3.63) is 28.2 Å². The van der Waals surface area contributed by atoms with Gasteiger partial charge >= 0.3 is 0 Å². The van der Waals surface area contributed by atoms with Gasteiger partial charge in [0.2, 0.25) is 0 Å². The molecule has 1 aromatic rings. The van der Waals surface area contributed by atoms with E-state index in [-0.39, 0.29) is 11.8 Å². The summed E-state index contributed by atoms with van der Waals surface area (Å²) in [7, 11) is 0. The van der Waals surface area contributed by atoms with E-state index in [1.807, 2.05) is 6.07 Å². The summed E-state index contributed by atoms with van der Waals surface area (Å²) in [5.41, 5.74) is 1.05. The van der Waals surface area contributed by atoms with Crippen molar-refractivity contribution in [2.24, 2.45) is 0 Å². The predicted octanol–water partition coefficient (Wildman–Crippen LogP) is 1.82. The molecule has 1 aromatic carbocycles. The lowest BCUT2D eigenvalue weighted by molar-refractivity contribution is 0.0766. The largest absolute Gasteiger partial charge is 0.508 e. The zero-order chi connectivity index (χ0) is 9.97. The molecule has 0 amide bonds. The molecule has 1 aliphatic rings. The number of benzene rings is 1. The zero-order valence-electron chi connectivity index (χ0n) is 7.66. The third-order valence-corrected chi connectivity index (χ3v) is 3.00. The highest BCUT2D eigenvalue weighted by Gasteiger charge is 2.17. The molecule has 2 N–H and O–H groups in total. The lowest BCUT2D eigenvalue weighted by atomic mass is 10.1. The van der Waals surface area contributed by atoms with Crippen LogP contribution in [0.15, 0.2) is 22.7 Å². The van der Waals surface area contributed by atoms with Gasteiger partial charge in [0.05, 0.1) is 19.3 Å². The fraction of sp³-hybridized carbons (Fsp3) is 0.400. The van der Waals surface area contributed by atoms with Crippen LogP contribution in [0, 0.1) is 0 Å². The smallest absolute Gasteiger partial charge is 0.115 e. The highest BCUT2D eigenvalue weighted by Crippen LogP contribution is 2.28.